The number of likely N-dealkylation sites (tertiary alicyclic amines) is 1. The van der Waals surface area contributed by atoms with Gasteiger partial charge >= 0.3 is 0 Å². The van der Waals surface area contributed by atoms with Crippen LogP contribution in [0.5, 0.6) is 0 Å². The lowest BCUT2D eigenvalue weighted by Gasteiger charge is -2.43. The topological polar surface area (TPSA) is 47.3 Å². The van der Waals surface area contributed by atoms with E-state index < -0.39 is 0 Å². The summed E-state index contributed by atoms with van der Waals surface area (Å²) in [6.07, 6.45) is 5.48. The minimum atomic E-state index is -0.0949. The Labute approximate surface area is 129 Å². The van der Waals surface area contributed by atoms with Gasteiger partial charge in [-0.1, -0.05) is 20.8 Å². The third kappa shape index (κ3) is 2.85. The van der Waals surface area contributed by atoms with Gasteiger partial charge < -0.3 is 5.11 Å². The second-order valence-electron chi connectivity index (χ2n) is 8.70. The van der Waals surface area contributed by atoms with Crippen molar-refractivity contribution in [3.8, 4) is 6.07 Å². The second-order valence-corrected chi connectivity index (χ2v) is 8.70. The van der Waals surface area contributed by atoms with Crippen LogP contribution in [-0.4, -0.2) is 35.2 Å². The quantitative estimate of drug-likeness (QED) is 0.807. The molecule has 0 bridgehead atoms. The van der Waals surface area contributed by atoms with Crippen molar-refractivity contribution in [1.29, 1.82) is 5.26 Å². The number of aliphatic hydroxyl groups excluding tert-OH is 1. The molecule has 3 heteroatoms. The van der Waals surface area contributed by atoms with Gasteiger partial charge in [0.1, 0.15) is 0 Å². The molecule has 0 amide bonds. The van der Waals surface area contributed by atoms with Gasteiger partial charge in [-0.15, -0.1) is 0 Å². The van der Waals surface area contributed by atoms with E-state index in [4.69, 9.17) is 0 Å². The van der Waals surface area contributed by atoms with E-state index in [2.05, 4.69) is 31.7 Å². The molecule has 3 rings (SSSR count). The van der Waals surface area contributed by atoms with E-state index in [1.54, 1.807) is 0 Å². The number of aliphatic hydroxyl groups is 1. The lowest BCUT2D eigenvalue weighted by atomic mass is 9.68. The molecule has 1 heterocycles. The molecule has 0 aromatic heterocycles. The number of nitriles is 1. The number of hydrogen-bond donors (Lipinski definition) is 1. The van der Waals surface area contributed by atoms with Crippen molar-refractivity contribution in [3.05, 3.63) is 0 Å². The Morgan fingerprint density at radius 3 is 2.48 bits per heavy atom. The van der Waals surface area contributed by atoms with Gasteiger partial charge in [0, 0.05) is 25.0 Å². The summed E-state index contributed by atoms with van der Waals surface area (Å²) < 4.78 is 0. The maximum absolute atomic E-state index is 10.1. The van der Waals surface area contributed by atoms with E-state index >= 15 is 0 Å². The number of fused-ring (bicyclic) bond motifs is 1. The molecule has 3 nitrogen and oxygen atoms in total. The molecule has 0 spiro atoms. The SMILES string of the molecule is CC(C)(C)C1CCC(C#N)C(N2CC3CCC(O)C3C2)C1. The summed E-state index contributed by atoms with van der Waals surface area (Å²) in [4.78, 5) is 2.56. The van der Waals surface area contributed by atoms with Crippen molar-refractivity contribution in [3.63, 3.8) is 0 Å². The van der Waals surface area contributed by atoms with E-state index in [0.717, 1.165) is 38.3 Å². The lowest BCUT2D eigenvalue weighted by molar-refractivity contribution is 0.0606. The molecule has 1 aliphatic heterocycles. The van der Waals surface area contributed by atoms with Gasteiger partial charge in [-0.3, -0.25) is 4.90 Å². The highest BCUT2D eigenvalue weighted by Gasteiger charge is 2.47. The third-order valence-electron chi connectivity index (χ3n) is 6.52. The van der Waals surface area contributed by atoms with Crippen LogP contribution in [0.2, 0.25) is 0 Å². The third-order valence-corrected chi connectivity index (χ3v) is 6.52. The van der Waals surface area contributed by atoms with Crippen LogP contribution in [0, 0.1) is 40.4 Å². The minimum Gasteiger partial charge on any atom is -0.393 e. The summed E-state index contributed by atoms with van der Waals surface area (Å²) in [6.45, 7) is 9.14. The van der Waals surface area contributed by atoms with Crippen molar-refractivity contribution in [2.24, 2.45) is 29.1 Å². The number of nitrogens with zero attached hydrogens (tertiary/aromatic N) is 2. The van der Waals surface area contributed by atoms with Gasteiger partial charge in [-0.05, 0) is 49.4 Å². The van der Waals surface area contributed by atoms with E-state index in [9.17, 15) is 10.4 Å². The average Bonchev–Trinajstić information content (AvgIpc) is 3.00. The molecule has 1 N–H and O–H groups in total. The Morgan fingerprint density at radius 2 is 1.86 bits per heavy atom. The largest absolute Gasteiger partial charge is 0.393 e. The van der Waals surface area contributed by atoms with Crippen LogP contribution in [0.3, 0.4) is 0 Å². The van der Waals surface area contributed by atoms with Gasteiger partial charge in [-0.25, -0.2) is 0 Å². The summed E-state index contributed by atoms with van der Waals surface area (Å²) in [7, 11) is 0. The fraction of sp³-hybridized carbons (Fsp3) is 0.944. The number of rotatable bonds is 1. The van der Waals surface area contributed by atoms with Crippen molar-refractivity contribution in [1.82, 2.24) is 4.90 Å². The van der Waals surface area contributed by atoms with Gasteiger partial charge in [-0.2, -0.15) is 5.26 Å². The van der Waals surface area contributed by atoms with Crippen LogP contribution in [0.1, 0.15) is 52.9 Å². The zero-order valence-electron chi connectivity index (χ0n) is 13.8. The molecule has 0 radical (unpaired) electrons. The van der Waals surface area contributed by atoms with Crippen LogP contribution < -0.4 is 0 Å². The highest BCUT2D eigenvalue weighted by molar-refractivity contribution is 5.03. The minimum absolute atomic E-state index is 0.0949. The maximum atomic E-state index is 10.1. The predicted molar refractivity (Wildman–Crippen MR) is 83.5 cm³/mol. The highest BCUT2D eigenvalue weighted by Crippen LogP contribution is 2.45. The van der Waals surface area contributed by atoms with Gasteiger partial charge in [0.05, 0.1) is 18.1 Å². The molecule has 3 fully saturated rings. The van der Waals surface area contributed by atoms with E-state index in [0.29, 0.717) is 23.3 Å². The van der Waals surface area contributed by atoms with Crippen LogP contribution in [0.15, 0.2) is 0 Å². The normalized spacial score (nSPS) is 44.5. The fourth-order valence-electron chi connectivity index (χ4n) is 5.03. The van der Waals surface area contributed by atoms with E-state index in [-0.39, 0.29) is 12.0 Å². The molecule has 1 saturated heterocycles. The van der Waals surface area contributed by atoms with Crippen LogP contribution in [0.25, 0.3) is 0 Å². The lowest BCUT2D eigenvalue weighted by Crippen LogP contribution is -2.45. The van der Waals surface area contributed by atoms with Crippen molar-refractivity contribution in [2.45, 2.75) is 65.0 Å². The molecule has 3 aliphatic rings. The Hall–Kier alpha value is -0.590. The van der Waals surface area contributed by atoms with Gasteiger partial charge in [0.2, 0.25) is 0 Å². The molecule has 118 valence electrons. The first-order valence-electron chi connectivity index (χ1n) is 8.72. The van der Waals surface area contributed by atoms with Crippen LogP contribution >= 0.6 is 0 Å². The monoisotopic (exact) mass is 290 g/mol. The Kier molecular flexibility index (Phi) is 4.05. The van der Waals surface area contributed by atoms with Gasteiger partial charge in [0.15, 0.2) is 0 Å². The smallest absolute Gasteiger partial charge is 0.0672 e. The van der Waals surface area contributed by atoms with Gasteiger partial charge in [0.25, 0.3) is 0 Å². The van der Waals surface area contributed by atoms with Crippen LogP contribution in [-0.2, 0) is 0 Å². The Morgan fingerprint density at radius 1 is 1.10 bits per heavy atom. The first kappa shape index (κ1) is 15.3. The highest BCUT2D eigenvalue weighted by atomic mass is 16.3. The molecule has 2 saturated carbocycles. The van der Waals surface area contributed by atoms with Crippen molar-refractivity contribution >= 4 is 0 Å². The Balaban J connectivity index is 1.71. The summed E-state index contributed by atoms with van der Waals surface area (Å²) in [5.41, 5.74) is 0.341. The molecule has 6 atom stereocenters. The average molecular weight is 290 g/mol. The number of hydrogen-bond acceptors (Lipinski definition) is 3. The molecule has 0 aromatic carbocycles. The Bertz CT molecular complexity index is 422. The predicted octanol–water partition coefficient (Wildman–Crippen LogP) is 3.04. The zero-order valence-corrected chi connectivity index (χ0v) is 13.8. The molecule has 2 aliphatic carbocycles. The zero-order chi connectivity index (χ0) is 15.2. The molecular weight excluding hydrogens is 260 g/mol. The standard InChI is InChI=1S/C18H30N2O/c1-18(2,3)14-6-4-12(9-19)16(8-14)20-10-13-5-7-17(21)15(13)11-20/h12-17,21H,4-8,10-11H2,1-3H3. The molecular formula is C18H30N2O. The van der Waals surface area contributed by atoms with E-state index in [1.165, 1.54) is 12.8 Å². The second kappa shape index (κ2) is 5.56. The summed E-state index contributed by atoms with van der Waals surface area (Å²) in [5, 5.41) is 19.7. The summed E-state index contributed by atoms with van der Waals surface area (Å²) >= 11 is 0. The fourth-order valence-corrected chi connectivity index (χ4v) is 5.03. The van der Waals surface area contributed by atoms with Crippen molar-refractivity contribution < 1.29 is 5.11 Å². The summed E-state index contributed by atoms with van der Waals surface area (Å²) in [5.74, 6) is 2.06. The van der Waals surface area contributed by atoms with Crippen LogP contribution in [0.4, 0.5) is 0 Å². The first-order chi connectivity index (χ1) is 9.90. The summed E-state index contributed by atoms with van der Waals surface area (Å²) in [6, 6.07) is 3.00. The van der Waals surface area contributed by atoms with Crippen molar-refractivity contribution in [2.75, 3.05) is 13.1 Å². The van der Waals surface area contributed by atoms with E-state index in [1.807, 2.05) is 0 Å². The first-order valence-corrected chi connectivity index (χ1v) is 8.72. The molecule has 0 aromatic rings. The molecule has 6 unspecified atom stereocenters. The maximum Gasteiger partial charge on any atom is 0.0672 e. The molecule has 21 heavy (non-hydrogen) atoms.